The summed E-state index contributed by atoms with van der Waals surface area (Å²) in [5.74, 6) is 0.431. The monoisotopic (exact) mass is 443 g/mol. The van der Waals surface area contributed by atoms with Gasteiger partial charge < -0.3 is 20.4 Å². The molecule has 0 bridgehead atoms. The maximum atomic E-state index is 12.8. The molecular weight excluding hydrogens is 426 g/mol. The smallest absolute Gasteiger partial charge is 0.256 e. The Bertz CT molecular complexity index is 1420. The molecule has 0 spiro atoms. The maximum absolute atomic E-state index is 12.8. The van der Waals surface area contributed by atoms with Gasteiger partial charge in [-0.25, -0.2) is 4.98 Å². The minimum atomic E-state index is -0.166. The van der Waals surface area contributed by atoms with Crippen molar-refractivity contribution in [2.45, 2.75) is 6.92 Å². The second-order valence-electron chi connectivity index (χ2n) is 7.83. The molecule has 8 heteroatoms. The highest BCUT2D eigenvalue weighted by molar-refractivity contribution is 6.38. The number of rotatable bonds is 2. The predicted octanol–water partition coefficient (Wildman–Crippen LogP) is 4.88. The van der Waals surface area contributed by atoms with E-state index in [1.807, 2.05) is 31.2 Å². The van der Waals surface area contributed by atoms with Gasteiger partial charge in [0.15, 0.2) is 0 Å². The molecule has 5 heterocycles. The number of nitrogens with zero attached hydrogens (tertiary/aromatic N) is 2. The van der Waals surface area contributed by atoms with Gasteiger partial charge in [0, 0.05) is 58.4 Å². The quantitative estimate of drug-likeness (QED) is 0.384. The van der Waals surface area contributed by atoms with Gasteiger partial charge in [0.25, 0.3) is 5.91 Å². The number of halogens is 1. The number of anilines is 2. The van der Waals surface area contributed by atoms with E-state index in [9.17, 15) is 4.79 Å². The highest BCUT2D eigenvalue weighted by atomic mass is 35.5. The molecule has 0 saturated heterocycles. The molecule has 32 heavy (non-hydrogen) atoms. The predicted molar refractivity (Wildman–Crippen MR) is 126 cm³/mol. The van der Waals surface area contributed by atoms with Crippen molar-refractivity contribution in [2.24, 2.45) is 0 Å². The third kappa shape index (κ3) is 2.93. The highest BCUT2D eigenvalue weighted by Crippen LogP contribution is 2.43. The lowest BCUT2D eigenvalue weighted by Gasteiger charge is -2.22. The van der Waals surface area contributed by atoms with Gasteiger partial charge in [0.05, 0.1) is 16.3 Å². The fourth-order valence-electron chi connectivity index (χ4n) is 4.28. The second kappa shape index (κ2) is 7.10. The third-order valence-electron chi connectivity index (χ3n) is 5.87. The van der Waals surface area contributed by atoms with Crippen LogP contribution in [0.3, 0.4) is 0 Å². The number of H-pyrrole nitrogens is 1. The lowest BCUT2D eigenvalue weighted by molar-refractivity contribution is -0.110. The lowest BCUT2D eigenvalue weighted by atomic mass is 9.96. The number of aromatic nitrogens is 3. The topological polar surface area (TPSA) is 91.9 Å². The van der Waals surface area contributed by atoms with E-state index in [-0.39, 0.29) is 5.91 Å². The SMILES string of the molecule is Cc1c(-c2cc3c(cc2Cl)NC(=O)C3=Cc2cc3cnccc3[nH]2)cnc2c1NCCO2. The summed E-state index contributed by atoms with van der Waals surface area (Å²) in [5.41, 5.74) is 7.44. The van der Waals surface area contributed by atoms with Gasteiger partial charge in [-0.3, -0.25) is 9.78 Å². The maximum Gasteiger partial charge on any atom is 0.256 e. The molecule has 0 saturated carbocycles. The molecule has 7 nitrogen and oxygen atoms in total. The Morgan fingerprint density at radius 1 is 1.16 bits per heavy atom. The number of aromatic amines is 1. The summed E-state index contributed by atoms with van der Waals surface area (Å²) in [4.78, 5) is 24.7. The standard InChI is InChI=1S/C24H18ClN5O2/c1-12-18(11-28-24-22(12)27-4-5-32-24)15-8-16-17(23(31)30-21(16)9-19(15)25)7-14-6-13-10-26-3-2-20(13)29-14/h2-3,6-11,27,29H,4-5H2,1H3,(H,30,31). The van der Waals surface area contributed by atoms with Crippen LogP contribution in [-0.4, -0.2) is 34.0 Å². The van der Waals surface area contributed by atoms with Crippen LogP contribution in [-0.2, 0) is 4.79 Å². The molecule has 1 amide bonds. The van der Waals surface area contributed by atoms with E-state index in [1.165, 1.54) is 0 Å². The first-order valence-corrected chi connectivity index (χ1v) is 10.6. The van der Waals surface area contributed by atoms with E-state index in [0.29, 0.717) is 28.8 Å². The number of amides is 1. The van der Waals surface area contributed by atoms with Gasteiger partial charge in [0.1, 0.15) is 12.3 Å². The van der Waals surface area contributed by atoms with Crippen molar-refractivity contribution in [2.75, 3.05) is 23.8 Å². The second-order valence-corrected chi connectivity index (χ2v) is 8.24. The first-order chi connectivity index (χ1) is 15.6. The number of pyridine rings is 2. The van der Waals surface area contributed by atoms with E-state index in [2.05, 4.69) is 25.6 Å². The normalized spacial score (nSPS) is 15.8. The Morgan fingerprint density at radius 3 is 2.94 bits per heavy atom. The fourth-order valence-corrected chi connectivity index (χ4v) is 4.55. The van der Waals surface area contributed by atoms with Crippen LogP contribution < -0.4 is 15.4 Å². The van der Waals surface area contributed by atoms with Gasteiger partial charge in [-0.05, 0) is 42.8 Å². The van der Waals surface area contributed by atoms with Crippen LogP contribution >= 0.6 is 11.6 Å². The molecule has 0 fully saturated rings. The molecule has 1 aromatic carbocycles. The third-order valence-corrected chi connectivity index (χ3v) is 6.18. The molecule has 4 aromatic rings. The summed E-state index contributed by atoms with van der Waals surface area (Å²) in [7, 11) is 0. The van der Waals surface area contributed by atoms with Gasteiger partial charge in [0.2, 0.25) is 5.88 Å². The summed E-state index contributed by atoms with van der Waals surface area (Å²) in [6.07, 6.45) is 7.15. The van der Waals surface area contributed by atoms with Crippen LogP contribution in [0.25, 0.3) is 33.7 Å². The number of benzene rings is 1. The van der Waals surface area contributed by atoms with E-state index in [0.717, 1.165) is 51.1 Å². The van der Waals surface area contributed by atoms with Crippen LogP contribution in [0.15, 0.2) is 42.9 Å². The molecule has 0 aliphatic carbocycles. The van der Waals surface area contributed by atoms with E-state index < -0.39 is 0 Å². The molecule has 3 aromatic heterocycles. The Kier molecular flexibility index (Phi) is 4.19. The zero-order valence-corrected chi connectivity index (χ0v) is 17.9. The van der Waals surface area contributed by atoms with Crippen molar-refractivity contribution in [1.82, 2.24) is 15.0 Å². The molecule has 2 aliphatic heterocycles. The Labute approximate surface area is 188 Å². The molecule has 0 atom stereocenters. The Hall–Kier alpha value is -3.84. The summed E-state index contributed by atoms with van der Waals surface area (Å²) >= 11 is 6.64. The summed E-state index contributed by atoms with van der Waals surface area (Å²) in [6.45, 7) is 3.33. The van der Waals surface area contributed by atoms with Crippen molar-refractivity contribution in [3.05, 3.63) is 64.7 Å². The molecular formula is C24H18ClN5O2. The van der Waals surface area contributed by atoms with Gasteiger partial charge in [-0.2, -0.15) is 0 Å². The number of hydrogen-bond acceptors (Lipinski definition) is 5. The van der Waals surface area contributed by atoms with Crippen LogP contribution in [0.4, 0.5) is 11.4 Å². The minimum Gasteiger partial charge on any atom is -0.474 e. The van der Waals surface area contributed by atoms with Crippen molar-refractivity contribution in [1.29, 1.82) is 0 Å². The van der Waals surface area contributed by atoms with E-state index in [4.69, 9.17) is 16.3 Å². The molecule has 3 N–H and O–H groups in total. The van der Waals surface area contributed by atoms with E-state index in [1.54, 1.807) is 24.7 Å². The van der Waals surface area contributed by atoms with Crippen LogP contribution in [0.2, 0.25) is 5.02 Å². The largest absolute Gasteiger partial charge is 0.474 e. The zero-order valence-electron chi connectivity index (χ0n) is 17.1. The Morgan fingerprint density at radius 2 is 2.06 bits per heavy atom. The molecule has 158 valence electrons. The average Bonchev–Trinajstić information content (AvgIpc) is 3.34. The zero-order chi connectivity index (χ0) is 21.8. The van der Waals surface area contributed by atoms with Crippen LogP contribution in [0, 0.1) is 6.92 Å². The minimum absolute atomic E-state index is 0.166. The average molecular weight is 444 g/mol. The van der Waals surface area contributed by atoms with Crippen molar-refractivity contribution in [3.63, 3.8) is 0 Å². The number of fused-ring (bicyclic) bond motifs is 3. The molecule has 6 rings (SSSR count). The number of carbonyl (C=O) groups excluding carboxylic acids is 1. The summed E-state index contributed by atoms with van der Waals surface area (Å²) in [5, 5.41) is 7.81. The number of carbonyl (C=O) groups is 1. The van der Waals surface area contributed by atoms with Gasteiger partial charge in [-0.15, -0.1) is 0 Å². The molecule has 2 aliphatic rings. The van der Waals surface area contributed by atoms with Crippen LogP contribution in [0.5, 0.6) is 5.88 Å². The lowest BCUT2D eigenvalue weighted by Crippen LogP contribution is -2.20. The summed E-state index contributed by atoms with van der Waals surface area (Å²) in [6, 6.07) is 7.62. The van der Waals surface area contributed by atoms with Crippen molar-refractivity contribution in [3.8, 4) is 17.0 Å². The summed E-state index contributed by atoms with van der Waals surface area (Å²) < 4.78 is 5.64. The van der Waals surface area contributed by atoms with Gasteiger partial charge >= 0.3 is 0 Å². The number of nitrogens with one attached hydrogen (secondary N) is 3. The Balaban J connectivity index is 1.48. The van der Waals surface area contributed by atoms with Crippen molar-refractivity contribution >= 4 is 51.4 Å². The number of ether oxygens (including phenoxy) is 1. The van der Waals surface area contributed by atoms with Crippen molar-refractivity contribution < 1.29 is 9.53 Å². The number of hydrogen-bond donors (Lipinski definition) is 3. The van der Waals surface area contributed by atoms with Crippen LogP contribution in [0.1, 0.15) is 16.8 Å². The van der Waals surface area contributed by atoms with E-state index >= 15 is 0 Å². The molecule has 0 unspecified atom stereocenters. The first-order valence-electron chi connectivity index (χ1n) is 10.2. The molecule has 0 radical (unpaired) electrons. The van der Waals surface area contributed by atoms with Gasteiger partial charge in [-0.1, -0.05) is 11.6 Å². The fraction of sp³-hybridized carbons (Fsp3) is 0.125. The first kappa shape index (κ1) is 18.9. The highest BCUT2D eigenvalue weighted by Gasteiger charge is 2.27.